The summed E-state index contributed by atoms with van der Waals surface area (Å²) in [7, 11) is 0. The Morgan fingerprint density at radius 3 is 2.09 bits per heavy atom. The molecule has 2 aromatic carbocycles. The lowest BCUT2D eigenvalue weighted by Crippen LogP contribution is -2.30. The molecule has 0 bridgehead atoms. The van der Waals surface area contributed by atoms with E-state index in [4.69, 9.17) is 4.74 Å². The fourth-order valence-electron chi connectivity index (χ4n) is 4.57. The second-order valence-corrected chi connectivity index (χ2v) is 9.27. The molecule has 1 aliphatic rings. The van der Waals surface area contributed by atoms with E-state index in [0.717, 1.165) is 12.8 Å². The molecule has 4 nitrogen and oxygen atoms in total. The van der Waals surface area contributed by atoms with Crippen LogP contribution in [0.4, 0.5) is 4.79 Å². The lowest BCUT2D eigenvalue weighted by molar-refractivity contribution is 0.106. The van der Waals surface area contributed by atoms with Crippen LogP contribution in [0.5, 0.6) is 0 Å². The predicted molar refractivity (Wildman–Crippen MR) is 132 cm³/mol. The Bertz CT molecular complexity index is 771. The van der Waals surface area contributed by atoms with Crippen LogP contribution < -0.4 is 10.6 Å². The van der Waals surface area contributed by atoms with E-state index in [1.54, 1.807) is 0 Å². The van der Waals surface area contributed by atoms with E-state index in [0.29, 0.717) is 13.1 Å². The number of aryl methyl sites for hydroxylation is 2. The summed E-state index contributed by atoms with van der Waals surface area (Å²) in [5, 5.41) is 6.56. The zero-order valence-electron chi connectivity index (χ0n) is 20.0. The van der Waals surface area contributed by atoms with E-state index in [9.17, 15) is 4.79 Å². The first-order chi connectivity index (χ1) is 15.6. The minimum absolute atomic E-state index is 0.0945. The quantitative estimate of drug-likeness (QED) is 0.409. The van der Waals surface area contributed by atoms with Crippen LogP contribution in [0.2, 0.25) is 0 Å². The SMILES string of the molecule is CCCCCCCCNC(=O)O[C@H]1CN[C@@H](C(c2ccc(C)cc2)c2ccc(C)cc2)C1. The van der Waals surface area contributed by atoms with E-state index in [2.05, 4.69) is 79.9 Å². The number of ether oxygens (including phenoxy) is 1. The van der Waals surface area contributed by atoms with Crippen molar-refractivity contribution in [1.82, 2.24) is 10.6 Å². The monoisotopic (exact) mass is 436 g/mol. The number of carbonyl (C=O) groups excluding carboxylic acids is 1. The van der Waals surface area contributed by atoms with Gasteiger partial charge in [-0.1, -0.05) is 98.7 Å². The molecule has 0 aliphatic carbocycles. The van der Waals surface area contributed by atoms with Crippen LogP contribution in [0.15, 0.2) is 48.5 Å². The van der Waals surface area contributed by atoms with Gasteiger partial charge in [-0.15, -0.1) is 0 Å². The Morgan fingerprint density at radius 1 is 0.938 bits per heavy atom. The Balaban J connectivity index is 1.53. The maximum atomic E-state index is 12.3. The summed E-state index contributed by atoms with van der Waals surface area (Å²) in [6.07, 6.45) is 7.73. The van der Waals surface area contributed by atoms with Crippen molar-refractivity contribution in [2.45, 2.75) is 83.8 Å². The molecule has 174 valence electrons. The summed E-state index contributed by atoms with van der Waals surface area (Å²) >= 11 is 0. The molecule has 0 aromatic heterocycles. The fraction of sp³-hybridized carbons (Fsp3) is 0.536. The van der Waals surface area contributed by atoms with Crippen molar-refractivity contribution in [3.05, 3.63) is 70.8 Å². The van der Waals surface area contributed by atoms with Gasteiger partial charge < -0.3 is 15.4 Å². The Morgan fingerprint density at radius 2 is 1.50 bits per heavy atom. The summed E-state index contributed by atoms with van der Waals surface area (Å²) in [5.74, 6) is 0.232. The molecule has 1 saturated heterocycles. The number of nitrogens with one attached hydrogen (secondary N) is 2. The van der Waals surface area contributed by atoms with Crippen molar-refractivity contribution in [2.75, 3.05) is 13.1 Å². The van der Waals surface area contributed by atoms with Crippen molar-refractivity contribution in [1.29, 1.82) is 0 Å². The average molecular weight is 437 g/mol. The minimum atomic E-state index is -0.284. The highest BCUT2D eigenvalue weighted by Gasteiger charge is 2.34. The third kappa shape index (κ3) is 7.37. The molecule has 0 spiro atoms. The van der Waals surface area contributed by atoms with E-state index < -0.39 is 0 Å². The number of alkyl carbamates (subject to hydrolysis) is 1. The number of rotatable bonds is 11. The normalized spacial score (nSPS) is 18.1. The highest BCUT2D eigenvalue weighted by atomic mass is 16.6. The van der Waals surface area contributed by atoms with Gasteiger partial charge in [0.15, 0.2) is 0 Å². The molecule has 3 rings (SSSR count). The topological polar surface area (TPSA) is 50.4 Å². The van der Waals surface area contributed by atoms with Gasteiger partial charge in [0.2, 0.25) is 0 Å². The molecule has 2 aromatic rings. The zero-order chi connectivity index (χ0) is 22.8. The Labute approximate surface area is 194 Å². The van der Waals surface area contributed by atoms with Crippen molar-refractivity contribution >= 4 is 6.09 Å². The number of unbranched alkanes of at least 4 members (excludes halogenated alkanes) is 5. The van der Waals surface area contributed by atoms with Gasteiger partial charge in [-0.2, -0.15) is 0 Å². The molecule has 32 heavy (non-hydrogen) atoms. The highest BCUT2D eigenvalue weighted by Crippen LogP contribution is 2.33. The van der Waals surface area contributed by atoms with Crippen molar-refractivity contribution < 1.29 is 9.53 Å². The average Bonchev–Trinajstić information content (AvgIpc) is 3.23. The van der Waals surface area contributed by atoms with Crippen molar-refractivity contribution in [2.24, 2.45) is 0 Å². The number of amides is 1. The lowest BCUT2D eigenvalue weighted by atomic mass is 9.83. The van der Waals surface area contributed by atoms with Crippen LogP contribution in [0.1, 0.15) is 80.0 Å². The molecule has 2 atom stereocenters. The van der Waals surface area contributed by atoms with Crippen LogP contribution in [0, 0.1) is 13.8 Å². The van der Waals surface area contributed by atoms with Crippen molar-refractivity contribution in [3.63, 3.8) is 0 Å². The first kappa shape index (κ1) is 24.3. The first-order valence-electron chi connectivity index (χ1n) is 12.4. The van der Waals surface area contributed by atoms with Gasteiger partial charge in [-0.05, 0) is 31.4 Å². The maximum absolute atomic E-state index is 12.3. The second kappa shape index (κ2) is 12.6. The van der Waals surface area contributed by atoms with Crippen LogP contribution >= 0.6 is 0 Å². The van der Waals surface area contributed by atoms with Crippen LogP contribution in [0.3, 0.4) is 0 Å². The summed E-state index contributed by atoms with van der Waals surface area (Å²) in [5.41, 5.74) is 5.12. The predicted octanol–water partition coefficient (Wildman–Crippen LogP) is 6.25. The van der Waals surface area contributed by atoms with E-state index >= 15 is 0 Å². The molecule has 1 heterocycles. The van der Waals surface area contributed by atoms with Gasteiger partial charge in [0.1, 0.15) is 6.10 Å². The van der Waals surface area contributed by atoms with E-state index in [1.807, 2.05) is 0 Å². The van der Waals surface area contributed by atoms with Gasteiger partial charge in [0, 0.05) is 31.5 Å². The minimum Gasteiger partial charge on any atom is -0.445 e. The summed E-state index contributed by atoms with van der Waals surface area (Å²) in [4.78, 5) is 12.3. The summed E-state index contributed by atoms with van der Waals surface area (Å²) < 4.78 is 5.73. The molecular weight excluding hydrogens is 396 g/mol. The first-order valence-corrected chi connectivity index (χ1v) is 12.4. The second-order valence-electron chi connectivity index (χ2n) is 9.27. The third-order valence-corrected chi connectivity index (χ3v) is 6.47. The van der Waals surface area contributed by atoms with Crippen molar-refractivity contribution in [3.8, 4) is 0 Å². The summed E-state index contributed by atoms with van der Waals surface area (Å²) in [6.45, 7) is 7.86. The number of carbonyl (C=O) groups is 1. The van der Waals surface area contributed by atoms with Gasteiger partial charge in [0.05, 0.1) is 0 Å². The Hall–Kier alpha value is -2.33. The molecule has 1 amide bonds. The van der Waals surface area contributed by atoms with Crippen LogP contribution in [-0.2, 0) is 4.74 Å². The molecule has 2 N–H and O–H groups in total. The number of hydrogen-bond donors (Lipinski definition) is 2. The van der Waals surface area contributed by atoms with Gasteiger partial charge in [-0.3, -0.25) is 0 Å². The van der Waals surface area contributed by atoms with Crippen LogP contribution in [-0.4, -0.2) is 31.3 Å². The van der Waals surface area contributed by atoms with E-state index in [-0.39, 0.29) is 24.2 Å². The molecule has 0 saturated carbocycles. The smallest absolute Gasteiger partial charge is 0.407 e. The number of benzene rings is 2. The van der Waals surface area contributed by atoms with Gasteiger partial charge in [0.25, 0.3) is 0 Å². The zero-order valence-corrected chi connectivity index (χ0v) is 20.0. The molecule has 0 radical (unpaired) electrons. The molecule has 1 fully saturated rings. The lowest BCUT2D eigenvalue weighted by Gasteiger charge is -2.25. The van der Waals surface area contributed by atoms with Gasteiger partial charge >= 0.3 is 6.09 Å². The van der Waals surface area contributed by atoms with Gasteiger partial charge in [-0.25, -0.2) is 4.79 Å². The van der Waals surface area contributed by atoms with E-state index in [1.165, 1.54) is 54.4 Å². The number of hydrogen-bond acceptors (Lipinski definition) is 3. The molecule has 0 unspecified atom stereocenters. The standard InChI is InChI=1S/C28H40N2O2/c1-4-5-6-7-8-9-18-29-28(31)32-25-19-26(30-20-25)27(23-14-10-21(2)11-15-23)24-16-12-22(3)13-17-24/h10-17,25-27,30H,4-9,18-20H2,1-3H3,(H,29,31)/t25-,26-/m1/s1. The largest absolute Gasteiger partial charge is 0.445 e. The fourth-order valence-corrected chi connectivity index (χ4v) is 4.57. The molecule has 4 heteroatoms. The molecule has 1 aliphatic heterocycles. The Kier molecular flexibility index (Phi) is 9.61. The summed E-state index contributed by atoms with van der Waals surface area (Å²) in [6, 6.07) is 17.8. The highest BCUT2D eigenvalue weighted by molar-refractivity contribution is 5.67. The maximum Gasteiger partial charge on any atom is 0.407 e. The molecular formula is C28H40N2O2. The van der Waals surface area contributed by atoms with Crippen LogP contribution in [0.25, 0.3) is 0 Å². The third-order valence-electron chi connectivity index (χ3n) is 6.47.